The largest absolute Gasteiger partial charge is 0.481 e. The van der Waals surface area contributed by atoms with Crippen molar-refractivity contribution < 1.29 is 4.74 Å². The number of nitrogens with one attached hydrogen (secondary N) is 1. The number of nitrogens with zero attached hydrogens (tertiary/aromatic N) is 3. The Hall–Kier alpha value is -2.11. The lowest BCUT2D eigenvalue weighted by Gasteiger charge is -1.99. The number of anilines is 1. The molecule has 2 heterocycles. The Morgan fingerprint density at radius 1 is 1.36 bits per heavy atom. The molecule has 0 fully saturated rings. The standard InChI is InChI=1S/C8H9N5O/c1-14-6-4-2-3-5(10-6)7-11-8(9)13-12-7/h2-4H,1H3,(H3,9,11,12,13). The predicted molar refractivity (Wildman–Crippen MR) is 50.6 cm³/mol. The molecule has 0 aliphatic carbocycles. The fraction of sp³-hybridized carbons (Fsp3) is 0.125. The smallest absolute Gasteiger partial charge is 0.239 e. The summed E-state index contributed by atoms with van der Waals surface area (Å²) >= 11 is 0. The van der Waals surface area contributed by atoms with E-state index in [-0.39, 0.29) is 5.95 Å². The van der Waals surface area contributed by atoms with Crippen molar-refractivity contribution in [3.8, 4) is 17.4 Å². The molecule has 6 heteroatoms. The van der Waals surface area contributed by atoms with Crippen molar-refractivity contribution in [3.05, 3.63) is 18.2 Å². The minimum Gasteiger partial charge on any atom is -0.481 e. The van der Waals surface area contributed by atoms with E-state index in [0.29, 0.717) is 17.4 Å². The van der Waals surface area contributed by atoms with Crippen molar-refractivity contribution in [1.29, 1.82) is 0 Å². The van der Waals surface area contributed by atoms with Crippen LogP contribution in [0.2, 0.25) is 0 Å². The Labute approximate surface area is 80.1 Å². The van der Waals surface area contributed by atoms with Crippen molar-refractivity contribution in [2.45, 2.75) is 0 Å². The highest BCUT2D eigenvalue weighted by molar-refractivity contribution is 5.50. The third-order valence-electron chi connectivity index (χ3n) is 1.68. The maximum atomic E-state index is 5.37. The van der Waals surface area contributed by atoms with Gasteiger partial charge in [0.25, 0.3) is 0 Å². The predicted octanol–water partition coefficient (Wildman–Crippen LogP) is 0.457. The van der Waals surface area contributed by atoms with Gasteiger partial charge in [-0.15, -0.1) is 5.10 Å². The molecule has 0 amide bonds. The second-order valence-electron chi connectivity index (χ2n) is 2.61. The topological polar surface area (TPSA) is 89.7 Å². The molecule has 3 N–H and O–H groups in total. The SMILES string of the molecule is COc1cccc(-c2nc(N)n[nH]2)n1. The zero-order valence-electron chi connectivity index (χ0n) is 7.56. The average Bonchev–Trinajstić information content (AvgIpc) is 2.65. The number of aromatic amines is 1. The van der Waals surface area contributed by atoms with Crippen molar-refractivity contribution in [2.24, 2.45) is 0 Å². The lowest BCUT2D eigenvalue weighted by Crippen LogP contribution is -1.91. The Morgan fingerprint density at radius 2 is 2.21 bits per heavy atom. The fourth-order valence-electron chi connectivity index (χ4n) is 1.05. The molecular formula is C8H9N5O. The van der Waals surface area contributed by atoms with Crippen LogP contribution in [0.25, 0.3) is 11.5 Å². The number of rotatable bonds is 2. The second kappa shape index (κ2) is 3.33. The quantitative estimate of drug-likeness (QED) is 0.719. The van der Waals surface area contributed by atoms with E-state index >= 15 is 0 Å². The summed E-state index contributed by atoms with van der Waals surface area (Å²) in [4.78, 5) is 8.11. The molecule has 0 atom stereocenters. The maximum Gasteiger partial charge on any atom is 0.239 e. The molecule has 72 valence electrons. The van der Waals surface area contributed by atoms with Gasteiger partial charge < -0.3 is 10.5 Å². The Kier molecular flexibility index (Phi) is 2.02. The van der Waals surface area contributed by atoms with Crippen LogP contribution in [-0.2, 0) is 0 Å². The minimum atomic E-state index is 0.199. The van der Waals surface area contributed by atoms with Gasteiger partial charge in [0, 0.05) is 6.07 Å². The molecule has 14 heavy (non-hydrogen) atoms. The highest BCUT2D eigenvalue weighted by Gasteiger charge is 2.05. The maximum absolute atomic E-state index is 5.37. The third-order valence-corrected chi connectivity index (χ3v) is 1.68. The molecule has 2 rings (SSSR count). The van der Waals surface area contributed by atoms with E-state index < -0.39 is 0 Å². The van der Waals surface area contributed by atoms with Crippen LogP contribution in [0.5, 0.6) is 5.88 Å². The van der Waals surface area contributed by atoms with Crippen molar-refractivity contribution in [2.75, 3.05) is 12.8 Å². The molecule has 0 bridgehead atoms. The van der Waals surface area contributed by atoms with Gasteiger partial charge in [-0.3, -0.25) is 5.10 Å². The number of ether oxygens (including phenoxy) is 1. The minimum absolute atomic E-state index is 0.199. The Morgan fingerprint density at radius 3 is 2.86 bits per heavy atom. The van der Waals surface area contributed by atoms with Gasteiger partial charge in [-0.1, -0.05) is 6.07 Å². The first-order valence-corrected chi connectivity index (χ1v) is 3.99. The normalized spacial score (nSPS) is 10.1. The zero-order valence-corrected chi connectivity index (χ0v) is 7.56. The van der Waals surface area contributed by atoms with Crippen molar-refractivity contribution in [1.82, 2.24) is 20.2 Å². The molecule has 2 aromatic heterocycles. The first-order valence-electron chi connectivity index (χ1n) is 3.99. The summed E-state index contributed by atoms with van der Waals surface area (Å²) in [5.74, 6) is 1.25. The van der Waals surface area contributed by atoms with E-state index in [2.05, 4.69) is 20.2 Å². The molecule has 6 nitrogen and oxygen atoms in total. The first-order chi connectivity index (χ1) is 6.79. The summed E-state index contributed by atoms with van der Waals surface area (Å²) < 4.78 is 4.98. The molecule has 0 spiro atoms. The lowest BCUT2D eigenvalue weighted by atomic mass is 10.3. The van der Waals surface area contributed by atoms with Crippen LogP contribution in [0.15, 0.2) is 18.2 Å². The zero-order chi connectivity index (χ0) is 9.97. The van der Waals surface area contributed by atoms with Crippen molar-refractivity contribution >= 4 is 5.95 Å². The lowest BCUT2D eigenvalue weighted by molar-refractivity contribution is 0.398. The van der Waals surface area contributed by atoms with Gasteiger partial charge in [-0.25, -0.2) is 4.98 Å². The van der Waals surface area contributed by atoms with E-state index in [0.717, 1.165) is 0 Å². The summed E-state index contributed by atoms with van der Waals surface area (Å²) in [6.07, 6.45) is 0. The molecule has 0 aromatic carbocycles. The first kappa shape index (κ1) is 8.49. The molecule has 2 aromatic rings. The van der Waals surface area contributed by atoms with Crippen molar-refractivity contribution in [3.63, 3.8) is 0 Å². The fourth-order valence-corrected chi connectivity index (χ4v) is 1.05. The number of pyridine rings is 1. The van der Waals surface area contributed by atoms with Gasteiger partial charge in [0.1, 0.15) is 5.69 Å². The van der Waals surface area contributed by atoms with Gasteiger partial charge in [-0.2, -0.15) is 4.98 Å². The van der Waals surface area contributed by atoms with Gasteiger partial charge >= 0.3 is 0 Å². The van der Waals surface area contributed by atoms with E-state index in [1.807, 2.05) is 6.07 Å². The summed E-state index contributed by atoms with van der Waals surface area (Å²) in [5.41, 5.74) is 6.02. The summed E-state index contributed by atoms with van der Waals surface area (Å²) in [5, 5.41) is 6.38. The number of methoxy groups -OCH3 is 1. The van der Waals surface area contributed by atoms with Gasteiger partial charge in [0.05, 0.1) is 7.11 Å². The van der Waals surface area contributed by atoms with Crippen LogP contribution >= 0.6 is 0 Å². The van der Waals surface area contributed by atoms with E-state index in [1.165, 1.54) is 0 Å². The number of hydrogen-bond donors (Lipinski definition) is 2. The van der Waals surface area contributed by atoms with E-state index in [1.54, 1.807) is 19.2 Å². The summed E-state index contributed by atoms with van der Waals surface area (Å²) in [7, 11) is 1.56. The molecule has 0 unspecified atom stereocenters. The van der Waals surface area contributed by atoms with Crippen LogP contribution < -0.4 is 10.5 Å². The van der Waals surface area contributed by atoms with Gasteiger partial charge in [0.2, 0.25) is 11.8 Å². The van der Waals surface area contributed by atoms with Crippen LogP contribution in [-0.4, -0.2) is 27.3 Å². The van der Waals surface area contributed by atoms with Crippen LogP contribution in [0.1, 0.15) is 0 Å². The molecule has 0 saturated carbocycles. The Bertz CT molecular complexity index is 439. The number of nitrogens with two attached hydrogens (primary N) is 1. The molecule has 0 radical (unpaired) electrons. The second-order valence-corrected chi connectivity index (χ2v) is 2.61. The monoisotopic (exact) mass is 191 g/mol. The number of H-pyrrole nitrogens is 1. The molecule has 0 saturated heterocycles. The number of hydrogen-bond acceptors (Lipinski definition) is 5. The highest BCUT2D eigenvalue weighted by Crippen LogP contribution is 2.15. The number of aromatic nitrogens is 4. The summed E-state index contributed by atoms with van der Waals surface area (Å²) in [6, 6.07) is 5.37. The van der Waals surface area contributed by atoms with Crippen LogP contribution in [0.3, 0.4) is 0 Å². The summed E-state index contributed by atoms with van der Waals surface area (Å²) in [6.45, 7) is 0. The Balaban J connectivity index is 2.41. The van der Waals surface area contributed by atoms with E-state index in [4.69, 9.17) is 10.5 Å². The van der Waals surface area contributed by atoms with Crippen LogP contribution in [0, 0.1) is 0 Å². The molecule has 0 aliphatic rings. The van der Waals surface area contributed by atoms with Gasteiger partial charge in [-0.05, 0) is 6.07 Å². The van der Waals surface area contributed by atoms with E-state index in [9.17, 15) is 0 Å². The molecular weight excluding hydrogens is 182 g/mol. The van der Waals surface area contributed by atoms with Gasteiger partial charge in [0.15, 0.2) is 5.82 Å². The highest BCUT2D eigenvalue weighted by atomic mass is 16.5. The molecule has 0 aliphatic heterocycles. The third kappa shape index (κ3) is 1.49. The van der Waals surface area contributed by atoms with Crippen LogP contribution in [0.4, 0.5) is 5.95 Å². The number of nitrogen functional groups attached to an aromatic ring is 1. The average molecular weight is 191 g/mol.